The van der Waals surface area contributed by atoms with Crippen LogP contribution in [-0.4, -0.2) is 27.2 Å². The van der Waals surface area contributed by atoms with E-state index in [4.69, 9.17) is 0 Å². The van der Waals surface area contributed by atoms with Gasteiger partial charge >= 0.3 is 0 Å². The number of nitrogens with zero attached hydrogens (tertiary/aromatic N) is 1. The molecule has 0 saturated heterocycles. The van der Waals surface area contributed by atoms with Gasteiger partial charge in [0.25, 0.3) is 0 Å². The number of halogens is 1. The fourth-order valence-corrected chi connectivity index (χ4v) is 1.89. The Labute approximate surface area is 104 Å². The molecule has 0 aliphatic carbocycles. The maximum Gasteiger partial charge on any atom is 0.146 e. The van der Waals surface area contributed by atoms with Crippen molar-refractivity contribution < 1.29 is 4.39 Å². The molecule has 0 spiro atoms. The minimum absolute atomic E-state index is 0.134. The van der Waals surface area contributed by atoms with Crippen molar-refractivity contribution in [3.05, 3.63) is 30.1 Å². The Hall–Kier alpha value is -1.09. The minimum Gasteiger partial charge on any atom is -0.372 e. The van der Waals surface area contributed by atoms with Gasteiger partial charge in [-0.15, -0.1) is 0 Å². The molecule has 0 amide bonds. The first-order valence-electron chi connectivity index (χ1n) is 6.36. The van der Waals surface area contributed by atoms with Crippen LogP contribution in [0.3, 0.4) is 0 Å². The molecule has 2 nitrogen and oxygen atoms in total. The van der Waals surface area contributed by atoms with Crippen LogP contribution in [0.15, 0.2) is 24.3 Å². The summed E-state index contributed by atoms with van der Waals surface area (Å²) in [5.74, 6) is -0.134. The SMILES string of the molecule is CNCCCCCCN(C)c1ccccc1F. The lowest BCUT2D eigenvalue weighted by atomic mass is 10.2. The van der Waals surface area contributed by atoms with Gasteiger partial charge in [0, 0.05) is 13.6 Å². The summed E-state index contributed by atoms with van der Waals surface area (Å²) in [7, 11) is 3.93. The molecular weight excluding hydrogens is 215 g/mol. The van der Waals surface area contributed by atoms with Crippen molar-refractivity contribution in [1.82, 2.24) is 5.32 Å². The predicted octanol–water partition coefficient (Wildman–Crippen LogP) is 3.04. The van der Waals surface area contributed by atoms with Crippen LogP contribution in [0, 0.1) is 5.82 Å². The molecule has 17 heavy (non-hydrogen) atoms. The van der Waals surface area contributed by atoms with Gasteiger partial charge in [0.1, 0.15) is 5.82 Å². The van der Waals surface area contributed by atoms with E-state index < -0.39 is 0 Å². The third kappa shape index (κ3) is 5.18. The molecule has 3 heteroatoms. The van der Waals surface area contributed by atoms with Gasteiger partial charge in [0.2, 0.25) is 0 Å². The monoisotopic (exact) mass is 238 g/mol. The molecule has 0 heterocycles. The molecule has 1 N–H and O–H groups in total. The van der Waals surface area contributed by atoms with Gasteiger partial charge in [-0.3, -0.25) is 0 Å². The number of unbranched alkanes of at least 4 members (excludes halogenated alkanes) is 3. The second-order valence-corrected chi connectivity index (χ2v) is 4.39. The first kappa shape index (κ1) is 14.0. The molecule has 1 rings (SSSR count). The van der Waals surface area contributed by atoms with Gasteiger partial charge in [-0.25, -0.2) is 4.39 Å². The molecule has 0 saturated carbocycles. The second-order valence-electron chi connectivity index (χ2n) is 4.39. The summed E-state index contributed by atoms with van der Waals surface area (Å²) in [6, 6.07) is 6.95. The van der Waals surface area contributed by atoms with Crippen LogP contribution in [-0.2, 0) is 0 Å². The molecule has 1 aromatic carbocycles. The lowest BCUT2D eigenvalue weighted by molar-refractivity contribution is 0.601. The maximum absolute atomic E-state index is 13.5. The fourth-order valence-electron chi connectivity index (χ4n) is 1.89. The van der Waals surface area contributed by atoms with Crippen LogP contribution < -0.4 is 10.2 Å². The fraction of sp³-hybridized carbons (Fsp3) is 0.571. The summed E-state index contributed by atoms with van der Waals surface area (Å²) in [6.45, 7) is 2.00. The minimum atomic E-state index is -0.134. The average molecular weight is 238 g/mol. The Morgan fingerprint density at radius 1 is 1.12 bits per heavy atom. The average Bonchev–Trinajstić information content (AvgIpc) is 2.34. The third-order valence-corrected chi connectivity index (χ3v) is 2.93. The summed E-state index contributed by atoms with van der Waals surface area (Å²) >= 11 is 0. The maximum atomic E-state index is 13.5. The van der Waals surface area contributed by atoms with E-state index in [0.29, 0.717) is 5.69 Å². The van der Waals surface area contributed by atoms with Crippen molar-refractivity contribution in [3.63, 3.8) is 0 Å². The molecule has 0 aliphatic rings. The highest BCUT2D eigenvalue weighted by Crippen LogP contribution is 2.17. The summed E-state index contributed by atoms with van der Waals surface area (Å²) in [6.07, 6.45) is 4.79. The van der Waals surface area contributed by atoms with Crippen LogP contribution in [0.25, 0.3) is 0 Å². The van der Waals surface area contributed by atoms with Crippen molar-refractivity contribution >= 4 is 5.69 Å². The zero-order valence-electron chi connectivity index (χ0n) is 10.9. The van der Waals surface area contributed by atoms with Crippen molar-refractivity contribution in [2.24, 2.45) is 0 Å². The Morgan fingerprint density at radius 2 is 1.82 bits per heavy atom. The van der Waals surface area contributed by atoms with Gasteiger partial charge < -0.3 is 10.2 Å². The van der Waals surface area contributed by atoms with Crippen LogP contribution in [0.4, 0.5) is 10.1 Å². The molecule has 0 aliphatic heterocycles. The van der Waals surface area contributed by atoms with Crippen LogP contribution >= 0.6 is 0 Å². The largest absolute Gasteiger partial charge is 0.372 e. The van der Waals surface area contributed by atoms with Crippen LogP contribution in [0.5, 0.6) is 0 Å². The molecule has 0 unspecified atom stereocenters. The van der Waals surface area contributed by atoms with E-state index in [0.717, 1.165) is 19.5 Å². The van der Waals surface area contributed by atoms with Crippen molar-refractivity contribution in [2.75, 3.05) is 32.1 Å². The number of anilines is 1. The molecule has 0 aromatic heterocycles. The third-order valence-electron chi connectivity index (χ3n) is 2.93. The van der Waals surface area contributed by atoms with E-state index in [9.17, 15) is 4.39 Å². The zero-order valence-corrected chi connectivity index (χ0v) is 10.9. The highest BCUT2D eigenvalue weighted by molar-refractivity contribution is 5.46. The standard InChI is InChI=1S/C14H23FN2/c1-16-11-7-3-4-8-12-17(2)14-10-6-5-9-13(14)15/h5-6,9-10,16H,3-4,7-8,11-12H2,1-2H3. The van der Waals surface area contributed by atoms with Crippen molar-refractivity contribution in [3.8, 4) is 0 Å². The summed E-state index contributed by atoms with van der Waals surface area (Å²) in [5.41, 5.74) is 0.697. The summed E-state index contributed by atoms with van der Waals surface area (Å²) in [5, 5.41) is 3.14. The molecule has 0 radical (unpaired) electrons. The highest BCUT2D eigenvalue weighted by Gasteiger charge is 2.05. The lowest BCUT2D eigenvalue weighted by Crippen LogP contribution is -2.19. The topological polar surface area (TPSA) is 15.3 Å². The first-order chi connectivity index (χ1) is 8.25. The number of benzene rings is 1. The van der Waals surface area contributed by atoms with E-state index in [1.807, 2.05) is 31.1 Å². The van der Waals surface area contributed by atoms with E-state index in [-0.39, 0.29) is 5.82 Å². The first-order valence-corrected chi connectivity index (χ1v) is 6.36. The normalized spacial score (nSPS) is 10.5. The zero-order chi connectivity index (χ0) is 12.5. The molecule has 0 atom stereocenters. The summed E-state index contributed by atoms with van der Waals surface area (Å²) < 4.78 is 13.5. The number of rotatable bonds is 8. The van der Waals surface area contributed by atoms with E-state index >= 15 is 0 Å². The Morgan fingerprint density at radius 3 is 2.53 bits per heavy atom. The highest BCUT2D eigenvalue weighted by atomic mass is 19.1. The Bertz CT molecular complexity index is 315. The van der Waals surface area contributed by atoms with Crippen LogP contribution in [0.2, 0.25) is 0 Å². The quantitative estimate of drug-likeness (QED) is 0.700. The van der Waals surface area contributed by atoms with Crippen LogP contribution in [0.1, 0.15) is 25.7 Å². The Balaban J connectivity index is 2.21. The molecular formula is C14H23FN2. The van der Waals surface area contributed by atoms with Crippen molar-refractivity contribution in [2.45, 2.75) is 25.7 Å². The van der Waals surface area contributed by atoms with Gasteiger partial charge in [0.05, 0.1) is 5.69 Å². The van der Waals surface area contributed by atoms with Gasteiger partial charge in [-0.05, 0) is 38.6 Å². The van der Waals surface area contributed by atoms with E-state index in [1.165, 1.54) is 25.3 Å². The molecule has 0 fully saturated rings. The van der Waals surface area contributed by atoms with E-state index in [1.54, 1.807) is 6.07 Å². The number of hydrogen-bond acceptors (Lipinski definition) is 2. The number of hydrogen-bond donors (Lipinski definition) is 1. The van der Waals surface area contributed by atoms with Gasteiger partial charge in [-0.1, -0.05) is 25.0 Å². The Kier molecular flexibility index (Phi) is 6.63. The van der Waals surface area contributed by atoms with Gasteiger partial charge in [0.15, 0.2) is 0 Å². The molecule has 0 bridgehead atoms. The number of para-hydroxylation sites is 1. The smallest absolute Gasteiger partial charge is 0.146 e. The second kappa shape index (κ2) is 8.07. The summed E-state index contributed by atoms with van der Waals surface area (Å²) in [4.78, 5) is 1.99. The van der Waals surface area contributed by atoms with E-state index in [2.05, 4.69) is 5.32 Å². The van der Waals surface area contributed by atoms with Crippen molar-refractivity contribution in [1.29, 1.82) is 0 Å². The molecule has 1 aromatic rings. The van der Waals surface area contributed by atoms with Gasteiger partial charge in [-0.2, -0.15) is 0 Å². The number of nitrogens with one attached hydrogen (secondary N) is 1. The molecule has 96 valence electrons. The predicted molar refractivity (Wildman–Crippen MR) is 72.1 cm³/mol. The lowest BCUT2D eigenvalue weighted by Gasteiger charge is -2.19.